The minimum absolute atomic E-state index is 0.382. The Morgan fingerprint density at radius 1 is 1.19 bits per heavy atom. The predicted molar refractivity (Wildman–Crippen MR) is 63.3 cm³/mol. The Labute approximate surface area is 96.3 Å². The van der Waals surface area contributed by atoms with Crippen LogP contribution in [0, 0.1) is 11.3 Å². The maximum absolute atomic E-state index is 9.13. The number of nitrogens with zero attached hydrogens (tertiary/aromatic N) is 1. The van der Waals surface area contributed by atoms with Gasteiger partial charge in [-0.05, 0) is 61.4 Å². The highest BCUT2D eigenvalue weighted by molar-refractivity contribution is 5.49. The molecule has 0 atom stereocenters. The molecule has 1 aliphatic heterocycles. The first-order valence-electron chi connectivity index (χ1n) is 6.09. The van der Waals surface area contributed by atoms with Gasteiger partial charge in [-0.1, -0.05) is 12.1 Å². The molecule has 0 amide bonds. The van der Waals surface area contributed by atoms with Gasteiger partial charge in [0.1, 0.15) is 0 Å². The lowest BCUT2D eigenvalue weighted by atomic mass is 9.74. The Morgan fingerprint density at radius 2 is 2.00 bits per heavy atom. The van der Waals surface area contributed by atoms with Gasteiger partial charge in [0.2, 0.25) is 0 Å². The van der Waals surface area contributed by atoms with Crippen molar-refractivity contribution in [2.24, 2.45) is 0 Å². The van der Waals surface area contributed by atoms with Crippen molar-refractivity contribution in [3.05, 3.63) is 34.9 Å². The lowest BCUT2D eigenvalue weighted by Crippen LogP contribution is -2.38. The quantitative estimate of drug-likeness (QED) is 0.715. The van der Waals surface area contributed by atoms with Gasteiger partial charge >= 0.3 is 0 Å². The molecule has 0 bridgehead atoms. The number of hydrogen-bond acceptors (Lipinski definition) is 2. The second-order valence-corrected chi connectivity index (χ2v) is 4.97. The Balaban J connectivity index is 2.09. The minimum atomic E-state index is 0.382. The summed E-state index contributed by atoms with van der Waals surface area (Å²) in [6.45, 7) is 2.24. The molecule has 1 aliphatic carbocycles. The number of rotatable bonds is 0. The SMILES string of the molecule is N#Cc1cccc2c1CCC21CCNCC1. The number of fused-ring (bicyclic) bond motifs is 2. The van der Waals surface area contributed by atoms with Crippen LogP contribution in [-0.4, -0.2) is 13.1 Å². The standard InChI is InChI=1S/C14H16N2/c15-10-11-2-1-3-13-12(11)4-5-14(13)6-8-16-9-7-14/h1-3,16H,4-9H2. The molecule has 1 spiro atoms. The van der Waals surface area contributed by atoms with E-state index in [4.69, 9.17) is 5.26 Å². The van der Waals surface area contributed by atoms with Gasteiger partial charge in [-0.15, -0.1) is 0 Å². The molecule has 3 rings (SSSR count). The molecule has 0 radical (unpaired) electrons. The van der Waals surface area contributed by atoms with Crippen molar-refractivity contribution in [3.8, 4) is 6.07 Å². The summed E-state index contributed by atoms with van der Waals surface area (Å²) in [5.41, 5.74) is 4.07. The molecule has 82 valence electrons. The summed E-state index contributed by atoms with van der Waals surface area (Å²) >= 11 is 0. The summed E-state index contributed by atoms with van der Waals surface area (Å²) in [4.78, 5) is 0. The van der Waals surface area contributed by atoms with Crippen LogP contribution in [0.1, 0.15) is 36.0 Å². The first-order chi connectivity index (χ1) is 7.86. The van der Waals surface area contributed by atoms with Crippen LogP contribution in [0.2, 0.25) is 0 Å². The molecule has 1 N–H and O–H groups in total. The zero-order chi connectivity index (χ0) is 11.0. The smallest absolute Gasteiger partial charge is 0.0994 e. The zero-order valence-electron chi connectivity index (χ0n) is 9.42. The number of hydrogen-bond donors (Lipinski definition) is 1. The molecule has 0 aromatic heterocycles. The molecule has 1 fully saturated rings. The van der Waals surface area contributed by atoms with Gasteiger partial charge in [-0.2, -0.15) is 5.26 Å². The highest BCUT2D eigenvalue weighted by Crippen LogP contribution is 2.45. The van der Waals surface area contributed by atoms with E-state index in [2.05, 4.69) is 17.5 Å². The highest BCUT2D eigenvalue weighted by Gasteiger charge is 2.40. The molecule has 16 heavy (non-hydrogen) atoms. The summed E-state index contributed by atoms with van der Waals surface area (Å²) in [5, 5.41) is 12.6. The van der Waals surface area contributed by atoms with Crippen molar-refractivity contribution in [2.45, 2.75) is 31.1 Å². The van der Waals surface area contributed by atoms with Gasteiger partial charge in [0.05, 0.1) is 11.6 Å². The van der Waals surface area contributed by atoms with Crippen molar-refractivity contribution in [1.82, 2.24) is 5.32 Å². The molecule has 1 aromatic rings. The molecule has 1 heterocycles. The maximum atomic E-state index is 9.13. The van der Waals surface area contributed by atoms with E-state index in [-0.39, 0.29) is 0 Å². The molecule has 1 saturated heterocycles. The fourth-order valence-electron chi connectivity index (χ4n) is 3.38. The zero-order valence-corrected chi connectivity index (χ0v) is 9.42. The molecule has 2 aliphatic rings. The van der Waals surface area contributed by atoms with Crippen LogP contribution in [0.25, 0.3) is 0 Å². The van der Waals surface area contributed by atoms with Gasteiger partial charge < -0.3 is 5.32 Å². The third kappa shape index (κ3) is 1.28. The maximum Gasteiger partial charge on any atom is 0.0994 e. The van der Waals surface area contributed by atoms with Crippen molar-refractivity contribution >= 4 is 0 Å². The largest absolute Gasteiger partial charge is 0.317 e. The lowest BCUT2D eigenvalue weighted by Gasteiger charge is -2.35. The van der Waals surface area contributed by atoms with E-state index in [0.717, 1.165) is 25.1 Å². The summed E-state index contributed by atoms with van der Waals surface area (Å²) in [6, 6.07) is 8.58. The van der Waals surface area contributed by atoms with Crippen LogP contribution in [0.5, 0.6) is 0 Å². The average Bonchev–Trinajstić information content (AvgIpc) is 2.70. The number of benzene rings is 1. The Morgan fingerprint density at radius 3 is 2.75 bits per heavy atom. The fourth-order valence-corrected chi connectivity index (χ4v) is 3.38. The second kappa shape index (κ2) is 3.61. The molecule has 2 heteroatoms. The van der Waals surface area contributed by atoms with Crippen LogP contribution < -0.4 is 5.32 Å². The summed E-state index contributed by atoms with van der Waals surface area (Å²) in [7, 11) is 0. The Bertz CT molecular complexity index is 450. The first kappa shape index (κ1) is 9.86. The number of piperidine rings is 1. The van der Waals surface area contributed by atoms with Crippen LogP contribution in [-0.2, 0) is 11.8 Å². The third-order valence-electron chi connectivity index (χ3n) is 4.28. The molecule has 0 saturated carbocycles. The molecular formula is C14H16N2. The van der Waals surface area contributed by atoms with Crippen molar-refractivity contribution in [3.63, 3.8) is 0 Å². The summed E-state index contributed by atoms with van der Waals surface area (Å²) < 4.78 is 0. The van der Waals surface area contributed by atoms with Gasteiger partial charge in [-0.25, -0.2) is 0 Å². The van der Waals surface area contributed by atoms with Crippen LogP contribution in [0.4, 0.5) is 0 Å². The van der Waals surface area contributed by atoms with E-state index in [1.54, 1.807) is 0 Å². The summed E-state index contributed by atoms with van der Waals surface area (Å²) in [6.07, 6.45) is 4.80. The van der Waals surface area contributed by atoms with Crippen molar-refractivity contribution < 1.29 is 0 Å². The minimum Gasteiger partial charge on any atom is -0.317 e. The topological polar surface area (TPSA) is 35.8 Å². The van der Waals surface area contributed by atoms with Gasteiger partial charge in [0.15, 0.2) is 0 Å². The van der Waals surface area contributed by atoms with Gasteiger partial charge in [0.25, 0.3) is 0 Å². The van der Waals surface area contributed by atoms with E-state index in [1.807, 2.05) is 12.1 Å². The number of nitriles is 1. The first-order valence-corrected chi connectivity index (χ1v) is 6.09. The van der Waals surface area contributed by atoms with E-state index in [9.17, 15) is 0 Å². The van der Waals surface area contributed by atoms with Crippen molar-refractivity contribution in [1.29, 1.82) is 5.26 Å². The normalized spacial score (nSPS) is 21.7. The van der Waals surface area contributed by atoms with E-state index in [1.165, 1.54) is 30.4 Å². The summed E-state index contributed by atoms with van der Waals surface area (Å²) in [5.74, 6) is 0. The van der Waals surface area contributed by atoms with Crippen LogP contribution in [0.3, 0.4) is 0 Å². The van der Waals surface area contributed by atoms with E-state index < -0.39 is 0 Å². The molecule has 1 aromatic carbocycles. The molecule has 0 unspecified atom stereocenters. The fraction of sp³-hybridized carbons (Fsp3) is 0.500. The monoisotopic (exact) mass is 212 g/mol. The Kier molecular flexibility index (Phi) is 2.22. The number of nitrogens with one attached hydrogen (secondary N) is 1. The average molecular weight is 212 g/mol. The van der Waals surface area contributed by atoms with E-state index >= 15 is 0 Å². The van der Waals surface area contributed by atoms with Crippen LogP contribution in [0.15, 0.2) is 18.2 Å². The molecule has 2 nitrogen and oxygen atoms in total. The predicted octanol–water partition coefficient (Wildman–Crippen LogP) is 2.13. The van der Waals surface area contributed by atoms with Gasteiger partial charge in [0, 0.05) is 0 Å². The van der Waals surface area contributed by atoms with Crippen LogP contribution >= 0.6 is 0 Å². The molecular weight excluding hydrogens is 196 g/mol. The third-order valence-corrected chi connectivity index (χ3v) is 4.28. The van der Waals surface area contributed by atoms with E-state index in [0.29, 0.717) is 5.41 Å². The van der Waals surface area contributed by atoms with Crippen molar-refractivity contribution in [2.75, 3.05) is 13.1 Å². The highest BCUT2D eigenvalue weighted by atomic mass is 14.9. The second-order valence-electron chi connectivity index (χ2n) is 4.97. The Hall–Kier alpha value is -1.33. The lowest BCUT2D eigenvalue weighted by molar-refractivity contribution is 0.306. The van der Waals surface area contributed by atoms with Gasteiger partial charge in [-0.3, -0.25) is 0 Å².